The lowest BCUT2D eigenvalue weighted by atomic mass is 10.2. The number of hydrogen-bond donors (Lipinski definition) is 1. The smallest absolute Gasteiger partial charge is 0.0410 e. The third-order valence-electron chi connectivity index (χ3n) is 3.53. The van der Waals surface area contributed by atoms with Crippen molar-refractivity contribution in [1.82, 2.24) is 9.80 Å². The largest absolute Gasteiger partial charge is 0.384 e. The van der Waals surface area contributed by atoms with Gasteiger partial charge in [0.25, 0.3) is 0 Å². The normalized spacial score (nSPS) is 17.9. The first kappa shape index (κ1) is 13.7. The molecule has 1 N–H and O–H groups in total. The van der Waals surface area contributed by atoms with Gasteiger partial charge in [0.2, 0.25) is 0 Å². The number of benzene rings is 1. The van der Waals surface area contributed by atoms with Gasteiger partial charge in [-0.2, -0.15) is 0 Å². The Labute approximate surface area is 115 Å². The highest BCUT2D eigenvalue weighted by molar-refractivity contribution is 6.30. The minimum absolute atomic E-state index is 0.803. The first-order chi connectivity index (χ1) is 8.65. The molecule has 3 nitrogen and oxygen atoms in total. The van der Waals surface area contributed by atoms with Crippen molar-refractivity contribution >= 4 is 17.3 Å². The zero-order valence-electron chi connectivity index (χ0n) is 11.2. The van der Waals surface area contributed by atoms with Gasteiger partial charge in [0.05, 0.1) is 0 Å². The summed E-state index contributed by atoms with van der Waals surface area (Å²) >= 11 is 5.95. The number of nitrogens with zero attached hydrogens (tertiary/aromatic N) is 2. The summed E-state index contributed by atoms with van der Waals surface area (Å²) in [5, 5.41) is 4.29. The van der Waals surface area contributed by atoms with Gasteiger partial charge >= 0.3 is 0 Å². The molecule has 0 amide bonds. The number of anilines is 1. The van der Waals surface area contributed by atoms with E-state index < -0.39 is 0 Å². The molecule has 0 spiro atoms. The van der Waals surface area contributed by atoms with E-state index in [9.17, 15) is 0 Å². The third-order valence-corrected chi connectivity index (χ3v) is 3.76. The summed E-state index contributed by atoms with van der Waals surface area (Å²) in [4.78, 5) is 4.89. The van der Waals surface area contributed by atoms with Crippen molar-refractivity contribution in [3.63, 3.8) is 0 Å². The molecule has 0 radical (unpaired) electrons. The summed E-state index contributed by atoms with van der Waals surface area (Å²) in [5.74, 6) is 0. The number of nitrogens with one attached hydrogen (secondary N) is 1. The van der Waals surface area contributed by atoms with Crippen LogP contribution in [0.2, 0.25) is 5.02 Å². The second kappa shape index (κ2) is 6.41. The van der Waals surface area contributed by atoms with Gasteiger partial charge in [0.15, 0.2) is 0 Å². The van der Waals surface area contributed by atoms with Crippen molar-refractivity contribution in [2.24, 2.45) is 0 Å². The third kappa shape index (κ3) is 3.87. The Bertz CT molecular complexity index is 387. The molecule has 0 bridgehead atoms. The van der Waals surface area contributed by atoms with Crippen LogP contribution in [0.5, 0.6) is 0 Å². The summed E-state index contributed by atoms with van der Waals surface area (Å²) in [7, 11) is 2.19. The lowest BCUT2D eigenvalue weighted by Gasteiger charge is -2.32. The summed E-state index contributed by atoms with van der Waals surface area (Å²) in [5.41, 5.74) is 2.40. The second-order valence-electron chi connectivity index (χ2n) is 5.03. The van der Waals surface area contributed by atoms with Gasteiger partial charge in [-0.25, -0.2) is 0 Å². The predicted molar refractivity (Wildman–Crippen MR) is 78.6 cm³/mol. The monoisotopic (exact) mass is 267 g/mol. The molecule has 2 rings (SSSR count). The van der Waals surface area contributed by atoms with Crippen LogP contribution in [-0.2, 0) is 0 Å². The molecule has 1 aliphatic heterocycles. The van der Waals surface area contributed by atoms with Gasteiger partial charge in [0, 0.05) is 50.0 Å². The Morgan fingerprint density at radius 2 is 1.94 bits per heavy atom. The van der Waals surface area contributed by atoms with Gasteiger partial charge < -0.3 is 10.2 Å². The van der Waals surface area contributed by atoms with Crippen molar-refractivity contribution in [2.45, 2.75) is 6.92 Å². The number of rotatable bonds is 4. The second-order valence-corrected chi connectivity index (χ2v) is 5.47. The minimum Gasteiger partial charge on any atom is -0.384 e. The van der Waals surface area contributed by atoms with Crippen LogP contribution in [0.25, 0.3) is 0 Å². The average molecular weight is 268 g/mol. The number of piperazine rings is 1. The molecule has 0 atom stereocenters. The Hall–Kier alpha value is -0.770. The topological polar surface area (TPSA) is 18.5 Å². The van der Waals surface area contributed by atoms with E-state index in [1.807, 2.05) is 12.1 Å². The maximum atomic E-state index is 5.95. The molecule has 1 fully saturated rings. The van der Waals surface area contributed by atoms with Gasteiger partial charge in [-0.1, -0.05) is 11.6 Å². The number of halogens is 1. The van der Waals surface area contributed by atoms with E-state index in [0.717, 1.165) is 18.1 Å². The Morgan fingerprint density at radius 1 is 1.22 bits per heavy atom. The Morgan fingerprint density at radius 3 is 2.61 bits per heavy atom. The van der Waals surface area contributed by atoms with Gasteiger partial charge in [0.1, 0.15) is 0 Å². The lowest BCUT2D eigenvalue weighted by molar-refractivity contribution is 0.158. The summed E-state index contributed by atoms with van der Waals surface area (Å²) in [6.45, 7) is 8.90. The maximum Gasteiger partial charge on any atom is 0.0410 e. The zero-order chi connectivity index (χ0) is 13.0. The molecule has 0 unspecified atom stereocenters. The predicted octanol–water partition coefficient (Wildman–Crippen LogP) is 2.31. The molecule has 0 saturated carbocycles. The van der Waals surface area contributed by atoms with Crippen LogP contribution < -0.4 is 5.32 Å². The van der Waals surface area contributed by atoms with E-state index >= 15 is 0 Å². The van der Waals surface area contributed by atoms with Crippen molar-refractivity contribution in [3.05, 3.63) is 28.8 Å². The fraction of sp³-hybridized carbons (Fsp3) is 0.571. The summed E-state index contributed by atoms with van der Waals surface area (Å²) < 4.78 is 0. The van der Waals surface area contributed by atoms with E-state index in [4.69, 9.17) is 11.6 Å². The molecule has 1 saturated heterocycles. The molecule has 1 aromatic carbocycles. The van der Waals surface area contributed by atoms with Crippen molar-refractivity contribution in [1.29, 1.82) is 0 Å². The summed E-state index contributed by atoms with van der Waals surface area (Å²) in [6, 6.07) is 5.99. The fourth-order valence-electron chi connectivity index (χ4n) is 2.25. The lowest BCUT2D eigenvalue weighted by Crippen LogP contribution is -2.45. The SMILES string of the molecule is Cc1cc(Cl)ccc1NCCN1CCN(C)CC1. The first-order valence-electron chi connectivity index (χ1n) is 6.56. The quantitative estimate of drug-likeness (QED) is 0.903. The van der Waals surface area contributed by atoms with Crippen LogP contribution in [0.3, 0.4) is 0 Å². The highest BCUT2D eigenvalue weighted by Gasteiger charge is 2.12. The molecule has 0 aromatic heterocycles. The van der Waals surface area contributed by atoms with E-state index in [-0.39, 0.29) is 0 Å². The standard InChI is InChI=1S/C14H22ClN3/c1-12-11-13(15)3-4-14(12)16-5-6-18-9-7-17(2)8-10-18/h3-4,11,16H,5-10H2,1-2H3. The van der Waals surface area contributed by atoms with Crippen molar-refractivity contribution < 1.29 is 0 Å². The molecular weight excluding hydrogens is 246 g/mol. The van der Waals surface area contributed by atoms with Crippen LogP contribution in [0.4, 0.5) is 5.69 Å². The molecule has 18 heavy (non-hydrogen) atoms. The van der Waals surface area contributed by atoms with Gasteiger partial charge in [-0.3, -0.25) is 4.90 Å². The van der Waals surface area contributed by atoms with Crippen LogP contribution in [-0.4, -0.2) is 56.1 Å². The Kier molecular flexibility index (Phi) is 4.87. The number of hydrogen-bond acceptors (Lipinski definition) is 3. The van der Waals surface area contributed by atoms with E-state index in [2.05, 4.69) is 35.2 Å². The van der Waals surface area contributed by atoms with Crippen molar-refractivity contribution in [3.8, 4) is 0 Å². The number of aryl methyl sites for hydroxylation is 1. The fourth-order valence-corrected chi connectivity index (χ4v) is 2.47. The van der Waals surface area contributed by atoms with Gasteiger partial charge in [-0.05, 0) is 37.7 Å². The molecule has 100 valence electrons. The first-order valence-corrected chi connectivity index (χ1v) is 6.94. The molecular formula is C14H22ClN3. The van der Waals surface area contributed by atoms with Gasteiger partial charge in [-0.15, -0.1) is 0 Å². The Balaban J connectivity index is 1.75. The number of likely N-dealkylation sites (N-methyl/N-ethyl adjacent to an activating group) is 1. The zero-order valence-corrected chi connectivity index (χ0v) is 12.0. The van der Waals surface area contributed by atoms with Crippen LogP contribution in [0.15, 0.2) is 18.2 Å². The maximum absolute atomic E-state index is 5.95. The van der Waals surface area contributed by atoms with Crippen LogP contribution in [0, 0.1) is 6.92 Å². The van der Waals surface area contributed by atoms with Crippen LogP contribution >= 0.6 is 11.6 Å². The minimum atomic E-state index is 0.803. The van der Waals surface area contributed by atoms with Crippen molar-refractivity contribution in [2.75, 3.05) is 51.6 Å². The molecule has 0 aliphatic carbocycles. The van der Waals surface area contributed by atoms with E-state index in [0.29, 0.717) is 0 Å². The molecule has 1 aliphatic rings. The van der Waals surface area contributed by atoms with Crippen LogP contribution in [0.1, 0.15) is 5.56 Å². The molecule has 1 heterocycles. The molecule has 4 heteroatoms. The van der Waals surface area contributed by atoms with E-state index in [1.54, 1.807) is 0 Å². The average Bonchev–Trinajstić information content (AvgIpc) is 2.34. The highest BCUT2D eigenvalue weighted by atomic mass is 35.5. The molecule has 1 aromatic rings. The highest BCUT2D eigenvalue weighted by Crippen LogP contribution is 2.19. The van der Waals surface area contributed by atoms with E-state index in [1.165, 1.54) is 37.4 Å². The summed E-state index contributed by atoms with van der Waals surface area (Å²) in [6.07, 6.45) is 0.